The molecule has 0 radical (unpaired) electrons. The maximum atomic E-state index is 12.8. The minimum Gasteiger partial charge on any atom is -0.379 e. The van der Waals surface area contributed by atoms with Gasteiger partial charge in [-0.15, -0.1) is 0 Å². The molecule has 8 N–H and O–H groups in total. The third kappa shape index (κ3) is 25.7. The number of unbranched alkanes of at least 4 members (excludes halogenated alkanes) is 14. The van der Waals surface area contributed by atoms with E-state index in [2.05, 4.69) is 29.8 Å². The molecule has 0 aliphatic carbocycles. The van der Waals surface area contributed by atoms with Gasteiger partial charge in [0.1, 0.15) is 12.3 Å². The molecule has 0 rings (SSSR count). The molecule has 0 fully saturated rings. The minimum absolute atomic E-state index is 0.0162. The lowest BCUT2D eigenvalue weighted by atomic mass is 10.1. The molecule has 0 heterocycles. The number of carbonyl (C=O) groups excluding carboxylic acids is 2. The van der Waals surface area contributed by atoms with E-state index in [1.54, 1.807) is 0 Å². The lowest BCUT2D eigenvalue weighted by molar-refractivity contribution is -0.129. The van der Waals surface area contributed by atoms with Crippen molar-refractivity contribution in [2.75, 3.05) is 19.6 Å². The Balaban J connectivity index is 4.01. The van der Waals surface area contributed by atoms with Gasteiger partial charge in [-0.2, -0.15) is 0 Å². The number of aliphatic hydroxyl groups excluding tert-OH is 1. The maximum Gasteiger partial charge on any atom is 0.242 e. The van der Waals surface area contributed by atoms with Crippen LogP contribution in [-0.4, -0.2) is 54.9 Å². The first kappa shape index (κ1) is 38.8. The van der Waals surface area contributed by atoms with Crippen LogP contribution in [0.2, 0.25) is 0 Å². The van der Waals surface area contributed by atoms with Crippen LogP contribution in [0.25, 0.3) is 0 Å². The fourth-order valence-electron chi connectivity index (χ4n) is 5.04. The summed E-state index contributed by atoms with van der Waals surface area (Å²) in [5.74, 6) is -0.0929. The summed E-state index contributed by atoms with van der Waals surface area (Å²) in [4.78, 5) is 25.3. The lowest BCUT2D eigenvalue weighted by Crippen LogP contribution is -2.47. The third-order valence-corrected chi connectivity index (χ3v) is 7.63. The highest BCUT2D eigenvalue weighted by Gasteiger charge is 2.19. The molecule has 0 bridgehead atoms. The molecule has 0 saturated carbocycles. The van der Waals surface area contributed by atoms with Gasteiger partial charge in [0.05, 0.1) is 0 Å². The van der Waals surface area contributed by atoms with E-state index >= 15 is 0 Å². The molecule has 40 heavy (non-hydrogen) atoms. The van der Waals surface area contributed by atoms with Gasteiger partial charge in [-0.1, -0.05) is 84.0 Å². The minimum atomic E-state index is -0.468. The Bertz CT molecular complexity index is 579. The number of hydrogen-bond acceptors (Lipinski definition) is 6. The topological polar surface area (TPSA) is 142 Å². The fraction of sp³-hybridized carbons (Fsp3) is 0.938. The molecule has 0 aromatic rings. The van der Waals surface area contributed by atoms with Gasteiger partial charge in [-0.3, -0.25) is 14.9 Å². The predicted molar refractivity (Wildman–Crippen MR) is 169 cm³/mol. The zero-order valence-corrected chi connectivity index (χ0v) is 26.3. The SMILES string of the molecule is CCCCCCCCCCCC(=O)NC(CCCCN)C(=O)NCCCCCCCC(O)NC(C)CCCCN. The third-order valence-electron chi connectivity index (χ3n) is 7.63. The average molecular weight is 570 g/mol. The van der Waals surface area contributed by atoms with Crippen LogP contribution >= 0.6 is 0 Å². The summed E-state index contributed by atoms with van der Waals surface area (Å²) < 4.78 is 0. The van der Waals surface area contributed by atoms with E-state index < -0.39 is 12.3 Å². The first-order chi connectivity index (χ1) is 19.4. The van der Waals surface area contributed by atoms with Gasteiger partial charge in [-0.05, 0) is 77.8 Å². The van der Waals surface area contributed by atoms with E-state index in [0.717, 1.165) is 90.0 Å². The van der Waals surface area contributed by atoms with E-state index in [1.807, 2.05) is 0 Å². The van der Waals surface area contributed by atoms with Crippen LogP contribution in [0.3, 0.4) is 0 Å². The second kappa shape index (κ2) is 29.3. The summed E-state index contributed by atoms with van der Waals surface area (Å²) in [7, 11) is 0. The van der Waals surface area contributed by atoms with Crippen LogP contribution in [-0.2, 0) is 9.59 Å². The number of rotatable bonds is 30. The summed E-state index contributed by atoms with van der Waals surface area (Å²) in [6.45, 7) is 6.30. The van der Waals surface area contributed by atoms with Gasteiger partial charge >= 0.3 is 0 Å². The smallest absolute Gasteiger partial charge is 0.242 e. The summed E-state index contributed by atoms with van der Waals surface area (Å²) in [6.07, 6.45) is 22.4. The molecule has 8 nitrogen and oxygen atoms in total. The van der Waals surface area contributed by atoms with Crippen molar-refractivity contribution in [3.63, 3.8) is 0 Å². The van der Waals surface area contributed by atoms with Crippen molar-refractivity contribution in [1.82, 2.24) is 16.0 Å². The Kier molecular flexibility index (Phi) is 28.4. The Labute approximate surface area is 246 Å². The van der Waals surface area contributed by atoms with Crippen LogP contribution in [0.4, 0.5) is 0 Å². The normalized spacial score (nSPS) is 13.6. The monoisotopic (exact) mass is 570 g/mol. The van der Waals surface area contributed by atoms with Crippen molar-refractivity contribution in [2.45, 2.75) is 173 Å². The van der Waals surface area contributed by atoms with Crippen LogP contribution in [0, 0.1) is 0 Å². The molecule has 8 heteroatoms. The number of carbonyl (C=O) groups is 2. The highest BCUT2D eigenvalue weighted by Crippen LogP contribution is 2.11. The second-order valence-electron chi connectivity index (χ2n) is 11.7. The van der Waals surface area contributed by atoms with Crippen molar-refractivity contribution in [2.24, 2.45) is 11.5 Å². The first-order valence-electron chi connectivity index (χ1n) is 16.9. The summed E-state index contributed by atoms with van der Waals surface area (Å²) >= 11 is 0. The highest BCUT2D eigenvalue weighted by molar-refractivity contribution is 5.87. The van der Waals surface area contributed by atoms with E-state index in [9.17, 15) is 14.7 Å². The number of aliphatic hydroxyl groups is 1. The molecule has 0 aliphatic rings. The van der Waals surface area contributed by atoms with E-state index in [1.165, 1.54) is 44.9 Å². The van der Waals surface area contributed by atoms with Gasteiger partial charge in [0, 0.05) is 19.0 Å². The molecule has 0 aliphatic heterocycles. The molecule has 2 amide bonds. The van der Waals surface area contributed by atoms with Crippen molar-refractivity contribution < 1.29 is 14.7 Å². The lowest BCUT2D eigenvalue weighted by Gasteiger charge is -2.19. The first-order valence-corrected chi connectivity index (χ1v) is 16.9. The molecule has 0 aromatic carbocycles. The van der Waals surface area contributed by atoms with Crippen molar-refractivity contribution in [3.8, 4) is 0 Å². The van der Waals surface area contributed by atoms with Gasteiger partial charge in [0.15, 0.2) is 0 Å². The molecular weight excluding hydrogens is 502 g/mol. The predicted octanol–water partition coefficient (Wildman–Crippen LogP) is 5.40. The van der Waals surface area contributed by atoms with Crippen molar-refractivity contribution in [3.05, 3.63) is 0 Å². The number of nitrogens with one attached hydrogen (secondary N) is 3. The second-order valence-corrected chi connectivity index (χ2v) is 11.7. The van der Waals surface area contributed by atoms with Crippen LogP contribution < -0.4 is 27.4 Å². The zero-order valence-electron chi connectivity index (χ0n) is 26.3. The highest BCUT2D eigenvalue weighted by atomic mass is 16.3. The van der Waals surface area contributed by atoms with Crippen molar-refractivity contribution in [1.29, 1.82) is 0 Å². The summed E-state index contributed by atoms with van der Waals surface area (Å²) in [6, 6.07) is -0.159. The standard InChI is InChI=1S/C32H67N5O3/c1-3-4-5-6-7-8-9-11-15-24-31(39)37-29(22-17-19-26-34)32(40)35-27-20-13-10-12-14-23-30(38)36-28(2)21-16-18-25-33/h28-30,36,38H,3-27,33-34H2,1-2H3,(H,35,40)(H,37,39). The number of hydrogen-bond donors (Lipinski definition) is 6. The largest absolute Gasteiger partial charge is 0.379 e. The zero-order chi connectivity index (χ0) is 29.7. The van der Waals surface area contributed by atoms with Gasteiger partial charge in [0.25, 0.3) is 0 Å². The Morgan fingerprint density at radius 2 is 1.20 bits per heavy atom. The van der Waals surface area contributed by atoms with Crippen LogP contribution in [0.5, 0.6) is 0 Å². The van der Waals surface area contributed by atoms with Gasteiger partial charge < -0.3 is 27.2 Å². The summed E-state index contributed by atoms with van der Waals surface area (Å²) in [5.41, 5.74) is 11.2. The van der Waals surface area contributed by atoms with Crippen LogP contribution in [0.1, 0.15) is 155 Å². The van der Waals surface area contributed by atoms with E-state index in [-0.39, 0.29) is 11.8 Å². The molecule has 238 valence electrons. The quantitative estimate of drug-likeness (QED) is 0.0505. The maximum absolute atomic E-state index is 12.8. The molecule has 0 aromatic heterocycles. The molecule has 0 spiro atoms. The molecular formula is C32H67N5O3. The fourth-order valence-corrected chi connectivity index (χ4v) is 5.04. The molecule has 3 unspecified atom stereocenters. The number of nitrogens with two attached hydrogens (primary N) is 2. The van der Waals surface area contributed by atoms with E-state index in [4.69, 9.17) is 11.5 Å². The molecule has 0 saturated heterocycles. The Hall–Kier alpha value is -1.22. The number of amides is 2. The Morgan fingerprint density at radius 1 is 0.675 bits per heavy atom. The van der Waals surface area contributed by atoms with E-state index in [0.29, 0.717) is 32.0 Å². The Morgan fingerprint density at radius 3 is 1.82 bits per heavy atom. The van der Waals surface area contributed by atoms with Crippen molar-refractivity contribution >= 4 is 11.8 Å². The van der Waals surface area contributed by atoms with Gasteiger partial charge in [0.2, 0.25) is 11.8 Å². The summed E-state index contributed by atoms with van der Waals surface area (Å²) in [5, 5.41) is 19.4. The average Bonchev–Trinajstić information content (AvgIpc) is 2.93. The van der Waals surface area contributed by atoms with Crippen LogP contribution in [0.15, 0.2) is 0 Å². The molecule has 3 atom stereocenters. The van der Waals surface area contributed by atoms with Gasteiger partial charge in [-0.25, -0.2) is 0 Å².